The molecule has 1 aliphatic heterocycles. The van der Waals surface area contributed by atoms with E-state index in [9.17, 15) is 4.79 Å². The van der Waals surface area contributed by atoms with Gasteiger partial charge in [0.2, 0.25) is 0 Å². The monoisotopic (exact) mass is 291 g/mol. The Morgan fingerprint density at radius 3 is 2.62 bits per heavy atom. The predicted molar refractivity (Wildman–Crippen MR) is 68.9 cm³/mol. The molecule has 3 nitrogen and oxygen atoms in total. The minimum absolute atomic E-state index is 0.176. The first kappa shape index (κ1) is 13.8. The minimum Gasteiger partial charge on any atom is -0.444 e. The Morgan fingerprint density at radius 2 is 2.12 bits per heavy atom. The Morgan fingerprint density at radius 1 is 1.50 bits per heavy atom. The summed E-state index contributed by atoms with van der Waals surface area (Å²) in [7, 11) is 0. The van der Waals surface area contributed by atoms with Crippen molar-refractivity contribution in [3.8, 4) is 0 Å². The fraction of sp³-hybridized carbons (Fsp3) is 0.917. The molecule has 0 radical (unpaired) electrons. The maximum absolute atomic E-state index is 11.9. The standard InChI is InChI=1S/C12H22BrNO2/c1-9(13)10-6-5-7-14(8-10)11(15)16-12(2,3)4/h9-10H,5-8H2,1-4H3/t9-,10+/m0/s1. The highest BCUT2D eigenvalue weighted by Crippen LogP contribution is 2.25. The van der Waals surface area contributed by atoms with Crippen LogP contribution in [0.15, 0.2) is 0 Å². The fourth-order valence-corrected chi connectivity index (χ4v) is 2.31. The van der Waals surface area contributed by atoms with Gasteiger partial charge in [0.05, 0.1) is 0 Å². The predicted octanol–water partition coefficient (Wildman–Crippen LogP) is 3.42. The Hall–Kier alpha value is -0.250. The molecule has 0 aliphatic carbocycles. The molecule has 0 aromatic rings. The molecule has 1 heterocycles. The average molecular weight is 292 g/mol. The Labute approximate surface area is 107 Å². The molecule has 0 aromatic carbocycles. The van der Waals surface area contributed by atoms with Gasteiger partial charge in [-0.2, -0.15) is 0 Å². The van der Waals surface area contributed by atoms with Crippen LogP contribution in [-0.4, -0.2) is 34.5 Å². The molecule has 1 amide bonds. The zero-order valence-electron chi connectivity index (χ0n) is 10.6. The van der Waals surface area contributed by atoms with Gasteiger partial charge < -0.3 is 9.64 Å². The number of hydrogen-bond acceptors (Lipinski definition) is 2. The van der Waals surface area contributed by atoms with Crippen LogP contribution < -0.4 is 0 Å². The van der Waals surface area contributed by atoms with Gasteiger partial charge >= 0.3 is 6.09 Å². The summed E-state index contributed by atoms with van der Waals surface area (Å²) in [6, 6.07) is 0. The molecule has 1 fully saturated rings. The Kier molecular flexibility index (Phi) is 4.65. The number of rotatable bonds is 1. The molecule has 0 spiro atoms. The van der Waals surface area contributed by atoms with Crippen molar-refractivity contribution in [2.45, 2.75) is 51.0 Å². The molecule has 1 saturated heterocycles. The largest absolute Gasteiger partial charge is 0.444 e. The molecule has 1 rings (SSSR count). The van der Waals surface area contributed by atoms with E-state index in [1.807, 2.05) is 25.7 Å². The van der Waals surface area contributed by atoms with Gasteiger partial charge in [0.25, 0.3) is 0 Å². The second kappa shape index (κ2) is 5.39. The van der Waals surface area contributed by atoms with Crippen molar-refractivity contribution in [2.75, 3.05) is 13.1 Å². The quantitative estimate of drug-likeness (QED) is 0.693. The average Bonchev–Trinajstić information content (AvgIpc) is 2.15. The summed E-state index contributed by atoms with van der Waals surface area (Å²) in [6.07, 6.45) is 2.08. The topological polar surface area (TPSA) is 29.5 Å². The molecule has 0 bridgehead atoms. The van der Waals surface area contributed by atoms with E-state index >= 15 is 0 Å². The van der Waals surface area contributed by atoms with Gasteiger partial charge in [0, 0.05) is 17.9 Å². The third kappa shape index (κ3) is 4.32. The second-order valence-corrected chi connectivity index (χ2v) is 6.95. The van der Waals surface area contributed by atoms with Gasteiger partial charge in [-0.25, -0.2) is 4.79 Å². The maximum atomic E-state index is 11.9. The zero-order valence-corrected chi connectivity index (χ0v) is 12.2. The fourth-order valence-electron chi connectivity index (χ4n) is 1.88. The van der Waals surface area contributed by atoms with Crippen molar-refractivity contribution >= 4 is 22.0 Å². The number of alkyl halides is 1. The second-order valence-electron chi connectivity index (χ2n) is 5.51. The van der Waals surface area contributed by atoms with Gasteiger partial charge in [-0.1, -0.05) is 22.9 Å². The summed E-state index contributed by atoms with van der Waals surface area (Å²) in [4.78, 5) is 14.2. The molecule has 16 heavy (non-hydrogen) atoms. The molecular weight excluding hydrogens is 270 g/mol. The van der Waals surface area contributed by atoms with Crippen LogP contribution in [0.25, 0.3) is 0 Å². The molecular formula is C12H22BrNO2. The van der Waals surface area contributed by atoms with Crippen molar-refractivity contribution in [3.05, 3.63) is 0 Å². The SMILES string of the molecule is C[C@H](Br)[C@@H]1CCCN(C(=O)OC(C)(C)C)C1. The van der Waals surface area contributed by atoms with E-state index in [-0.39, 0.29) is 6.09 Å². The number of ether oxygens (including phenoxy) is 1. The van der Waals surface area contributed by atoms with E-state index in [4.69, 9.17) is 4.74 Å². The van der Waals surface area contributed by atoms with Crippen LogP contribution in [0.4, 0.5) is 4.79 Å². The molecule has 4 heteroatoms. The number of nitrogens with zero attached hydrogens (tertiary/aromatic N) is 1. The maximum Gasteiger partial charge on any atom is 0.410 e. The van der Waals surface area contributed by atoms with Crippen molar-refractivity contribution in [1.82, 2.24) is 4.90 Å². The number of halogens is 1. The van der Waals surface area contributed by atoms with Crippen LogP contribution in [0.3, 0.4) is 0 Å². The van der Waals surface area contributed by atoms with Crippen LogP contribution in [0, 0.1) is 5.92 Å². The van der Waals surface area contributed by atoms with Gasteiger partial charge in [-0.05, 0) is 39.5 Å². The Bertz CT molecular complexity index is 248. The normalized spacial score (nSPS) is 24.1. The number of carbonyl (C=O) groups excluding carboxylic acids is 1. The molecule has 1 aliphatic rings. The highest BCUT2D eigenvalue weighted by molar-refractivity contribution is 9.09. The van der Waals surface area contributed by atoms with Crippen molar-refractivity contribution in [2.24, 2.45) is 5.92 Å². The summed E-state index contributed by atoms with van der Waals surface area (Å²) < 4.78 is 5.38. The first-order chi connectivity index (χ1) is 7.29. The molecule has 0 N–H and O–H groups in total. The van der Waals surface area contributed by atoms with E-state index < -0.39 is 5.60 Å². The van der Waals surface area contributed by atoms with Gasteiger partial charge in [0.15, 0.2) is 0 Å². The van der Waals surface area contributed by atoms with Gasteiger partial charge in [-0.3, -0.25) is 0 Å². The van der Waals surface area contributed by atoms with Crippen molar-refractivity contribution in [1.29, 1.82) is 0 Å². The van der Waals surface area contributed by atoms with E-state index in [0.29, 0.717) is 10.7 Å². The lowest BCUT2D eigenvalue weighted by Gasteiger charge is -2.35. The molecule has 94 valence electrons. The number of likely N-dealkylation sites (tertiary alicyclic amines) is 1. The number of amides is 1. The summed E-state index contributed by atoms with van der Waals surface area (Å²) in [5.41, 5.74) is -0.399. The third-order valence-electron chi connectivity index (χ3n) is 2.76. The number of carbonyl (C=O) groups is 1. The molecule has 0 saturated carbocycles. The smallest absolute Gasteiger partial charge is 0.410 e. The van der Waals surface area contributed by atoms with Crippen LogP contribution >= 0.6 is 15.9 Å². The van der Waals surface area contributed by atoms with Crippen LogP contribution in [-0.2, 0) is 4.74 Å². The van der Waals surface area contributed by atoms with Crippen LogP contribution in [0.5, 0.6) is 0 Å². The summed E-state index contributed by atoms with van der Waals surface area (Å²) in [5, 5.41) is 0. The van der Waals surface area contributed by atoms with Gasteiger partial charge in [0.1, 0.15) is 5.60 Å². The lowest BCUT2D eigenvalue weighted by atomic mass is 9.96. The minimum atomic E-state index is -0.399. The zero-order chi connectivity index (χ0) is 12.3. The summed E-state index contributed by atoms with van der Waals surface area (Å²) in [6.45, 7) is 9.48. The van der Waals surface area contributed by atoms with Crippen molar-refractivity contribution in [3.63, 3.8) is 0 Å². The van der Waals surface area contributed by atoms with Crippen molar-refractivity contribution < 1.29 is 9.53 Å². The van der Waals surface area contributed by atoms with E-state index in [1.165, 1.54) is 6.42 Å². The highest BCUT2D eigenvalue weighted by atomic mass is 79.9. The van der Waals surface area contributed by atoms with Gasteiger partial charge in [-0.15, -0.1) is 0 Å². The van der Waals surface area contributed by atoms with Crippen LogP contribution in [0.1, 0.15) is 40.5 Å². The third-order valence-corrected chi connectivity index (χ3v) is 3.51. The first-order valence-corrected chi connectivity index (χ1v) is 6.83. The Balaban J connectivity index is 2.50. The first-order valence-electron chi connectivity index (χ1n) is 5.91. The lowest BCUT2D eigenvalue weighted by molar-refractivity contribution is 0.0168. The molecule has 0 aromatic heterocycles. The van der Waals surface area contributed by atoms with E-state index in [1.54, 1.807) is 0 Å². The van der Waals surface area contributed by atoms with Crippen LogP contribution in [0.2, 0.25) is 0 Å². The van der Waals surface area contributed by atoms with E-state index in [0.717, 1.165) is 19.5 Å². The summed E-state index contributed by atoms with van der Waals surface area (Å²) in [5.74, 6) is 0.543. The molecule has 2 atom stereocenters. The number of hydrogen-bond donors (Lipinski definition) is 0. The summed E-state index contributed by atoms with van der Waals surface area (Å²) >= 11 is 3.60. The molecule has 0 unspecified atom stereocenters. The highest BCUT2D eigenvalue weighted by Gasteiger charge is 2.29. The van der Waals surface area contributed by atoms with E-state index in [2.05, 4.69) is 22.9 Å². The number of piperidine rings is 1. The lowest BCUT2D eigenvalue weighted by Crippen LogP contribution is -2.44.